The fraction of sp³-hybridized carbons (Fsp3) is 0.250. The summed E-state index contributed by atoms with van der Waals surface area (Å²) in [5.74, 6) is 0.151. The van der Waals surface area contributed by atoms with Crippen LogP contribution in [0.2, 0.25) is 0 Å². The molecule has 0 heterocycles. The van der Waals surface area contributed by atoms with E-state index < -0.39 is 10.0 Å². The van der Waals surface area contributed by atoms with E-state index in [1.54, 1.807) is 24.3 Å². The van der Waals surface area contributed by atoms with Crippen LogP contribution in [0.1, 0.15) is 25.5 Å². The Morgan fingerprint density at radius 1 is 0.952 bits per heavy atom. The summed E-state index contributed by atoms with van der Waals surface area (Å²) in [6, 6.07) is 16.0. The van der Waals surface area contributed by atoms with Crippen LogP contribution < -0.4 is 4.72 Å². The maximum atomic E-state index is 12.5. The molecule has 2 rings (SSSR count). The highest BCUT2D eigenvalue weighted by atomic mass is 79.9. The standard InChI is InChI=1S/C16H18BrNO2S/c1-12(2)16(13-6-4-3-5-7-13)18-21(19,20)15-10-8-14(17)9-11-15/h3-12,16,18H,1-2H3. The van der Waals surface area contributed by atoms with Crippen LogP contribution in [0.5, 0.6) is 0 Å². The number of nitrogens with one attached hydrogen (secondary N) is 1. The number of benzene rings is 2. The van der Waals surface area contributed by atoms with Crippen molar-refractivity contribution in [2.24, 2.45) is 5.92 Å². The molecule has 21 heavy (non-hydrogen) atoms. The molecule has 1 unspecified atom stereocenters. The lowest BCUT2D eigenvalue weighted by Gasteiger charge is -2.22. The second-order valence-electron chi connectivity index (χ2n) is 5.21. The summed E-state index contributed by atoms with van der Waals surface area (Å²) in [5.41, 5.74) is 0.966. The van der Waals surface area contributed by atoms with E-state index >= 15 is 0 Å². The second-order valence-corrected chi connectivity index (χ2v) is 7.84. The van der Waals surface area contributed by atoms with E-state index in [0.717, 1.165) is 10.0 Å². The van der Waals surface area contributed by atoms with E-state index in [2.05, 4.69) is 20.7 Å². The third kappa shape index (κ3) is 4.15. The van der Waals surface area contributed by atoms with Crippen molar-refractivity contribution in [3.63, 3.8) is 0 Å². The molecule has 0 aliphatic carbocycles. The molecule has 3 nitrogen and oxygen atoms in total. The zero-order chi connectivity index (χ0) is 15.5. The number of hydrogen-bond donors (Lipinski definition) is 1. The van der Waals surface area contributed by atoms with E-state index in [4.69, 9.17) is 0 Å². The van der Waals surface area contributed by atoms with Crippen LogP contribution in [-0.2, 0) is 10.0 Å². The molecule has 0 aliphatic rings. The van der Waals surface area contributed by atoms with Gasteiger partial charge in [-0.3, -0.25) is 0 Å². The van der Waals surface area contributed by atoms with Gasteiger partial charge in [0.15, 0.2) is 0 Å². The summed E-state index contributed by atoms with van der Waals surface area (Å²) in [4.78, 5) is 0.271. The average Bonchev–Trinajstić information content (AvgIpc) is 2.46. The summed E-state index contributed by atoms with van der Waals surface area (Å²) in [6.45, 7) is 4.00. The van der Waals surface area contributed by atoms with Gasteiger partial charge in [0, 0.05) is 10.5 Å². The van der Waals surface area contributed by atoms with Crippen LogP contribution in [0, 0.1) is 5.92 Å². The molecule has 112 valence electrons. The lowest BCUT2D eigenvalue weighted by Crippen LogP contribution is -2.31. The minimum Gasteiger partial charge on any atom is -0.207 e. The lowest BCUT2D eigenvalue weighted by molar-refractivity contribution is 0.463. The third-order valence-corrected chi connectivity index (χ3v) is 5.22. The summed E-state index contributed by atoms with van der Waals surface area (Å²) >= 11 is 3.31. The first-order valence-corrected chi connectivity index (χ1v) is 9.00. The fourth-order valence-corrected chi connectivity index (χ4v) is 3.74. The number of sulfonamides is 1. The van der Waals surface area contributed by atoms with Crippen LogP contribution in [0.4, 0.5) is 0 Å². The predicted octanol–water partition coefficient (Wildman–Crippen LogP) is 4.12. The molecule has 5 heteroatoms. The molecule has 0 aromatic heterocycles. The molecule has 0 saturated heterocycles. The summed E-state index contributed by atoms with van der Waals surface area (Å²) < 4.78 is 28.7. The van der Waals surface area contributed by atoms with Crippen molar-refractivity contribution in [3.05, 3.63) is 64.6 Å². The van der Waals surface area contributed by atoms with Gasteiger partial charge in [0.25, 0.3) is 0 Å². The molecule has 0 radical (unpaired) electrons. The lowest BCUT2D eigenvalue weighted by atomic mass is 9.97. The van der Waals surface area contributed by atoms with Crippen LogP contribution in [0.15, 0.2) is 64.0 Å². The van der Waals surface area contributed by atoms with Crippen molar-refractivity contribution in [2.45, 2.75) is 24.8 Å². The zero-order valence-electron chi connectivity index (χ0n) is 12.0. The quantitative estimate of drug-likeness (QED) is 0.863. The van der Waals surface area contributed by atoms with E-state index in [-0.39, 0.29) is 16.9 Å². The SMILES string of the molecule is CC(C)C(NS(=O)(=O)c1ccc(Br)cc1)c1ccccc1. The number of hydrogen-bond acceptors (Lipinski definition) is 2. The van der Waals surface area contributed by atoms with Crippen LogP contribution in [0.3, 0.4) is 0 Å². The van der Waals surface area contributed by atoms with Gasteiger partial charge in [0.1, 0.15) is 0 Å². The summed E-state index contributed by atoms with van der Waals surface area (Å²) in [5, 5.41) is 0. The Morgan fingerprint density at radius 2 is 1.52 bits per heavy atom. The minimum atomic E-state index is -3.54. The van der Waals surface area contributed by atoms with Gasteiger partial charge in [-0.05, 0) is 35.7 Å². The molecule has 1 N–H and O–H groups in total. The molecule has 2 aromatic rings. The van der Waals surface area contributed by atoms with E-state index in [1.807, 2.05) is 44.2 Å². The Hall–Kier alpha value is -1.17. The molecule has 2 aromatic carbocycles. The van der Waals surface area contributed by atoms with Crippen molar-refractivity contribution < 1.29 is 8.42 Å². The summed E-state index contributed by atoms with van der Waals surface area (Å²) in [7, 11) is -3.54. The Kier molecular flexibility index (Phi) is 5.19. The highest BCUT2D eigenvalue weighted by molar-refractivity contribution is 9.10. The van der Waals surface area contributed by atoms with Gasteiger partial charge in [0.2, 0.25) is 10.0 Å². The van der Waals surface area contributed by atoms with Crippen molar-refractivity contribution in [1.29, 1.82) is 0 Å². The molecular weight excluding hydrogens is 350 g/mol. The first kappa shape index (κ1) is 16.2. The Morgan fingerprint density at radius 3 is 2.05 bits per heavy atom. The average molecular weight is 368 g/mol. The molecule has 0 amide bonds. The number of halogens is 1. The van der Waals surface area contributed by atoms with Crippen molar-refractivity contribution in [2.75, 3.05) is 0 Å². The first-order valence-electron chi connectivity index (χ1n) is 6.73. The highest BCUT2D eigenvalue weighted by Crippen LogP contribution is 2.24. The van der Waals surface area contributed by atoms with Gasteiger partial charge in [-0.1, -0.05) is 60.1 Å². The fourth-order valence-electron chi connectivity index (χ4n) is 2.10. The smallest absolute Gasteiger partial charge is 0.207 e. The van der Waals surface area contributed by atoms with Crippen molar-refractivity contribution >= 4 is 26.0 Å². The van der Waals surface area contributed by atoms with Gasteiger partial charge in [-0.25, -0.2) is 13.1 Å². The molecule has 0 bridgehead atoms. The molecule has 0 aliphatic heterocycles. The molecule has 0 fully saturated rings. The highest BCUT2D eigenvalue weighted by Gasteiger charge is 2.23. The largest absolute Gasteiger partial charge is 0.241 e. The number of rotatable bonds is 5. The van der Waals surface area contributed by atoms with Gasteiger partial charge in [0.05, 0.1) is 4.90 Å². The van der Waals surface area contributed by atoms with Crippen molar-refractivity contribution in [1.82, 2.24) is 4.72 Å². The Balaban J connectivity index is 2.30. The topological polar surface area (TPSA) is 46.2 Å². The van der Waals surface area contributed by atoms with Gasteiger partial charge < -0.3 is 0 Å². The molecule has 0 saturated carbocycles. The summed E-state index contributed by atoms with van der Waals surface area (Å²) in [6.07, 6.45) is 0. The zero-order valence-corrected chi connectivity index (χ0v) is 14.4. The maximum absolute atomic E-state index is 12.5. The minimum absolute atomic E-state index is 0.151. The van der Waals surface area contributed by atoms with E-state index in [9.17, 15) is 8.42 Å². The van der Waals surface area contributed by atoms with Gasteiger partial charge >= 0.3 is 0 Å². The normalized spacial score (nSPS) is 13.3. The molecule has 1 atom stereocenters. The van der Waals surface area contributed by atoms with Gasteiger partial charge in [-0.2, -0.15) is 0 Å². The second kappa shape index (κ2) is 6.73. The molecular formula is C16H18BrNO2S. The molecule has 0 spiro atoms. The first-order chi connectivity index (χ1) is 9.90. The predicted molar refractivity (Wildman–Crippen MR) is 88.5 cm³/mol. The maximum Gasteiger partial charge on any atom is 0.241 e. The van der Waals surface area contributed by atoms with E-state index in [0.29, 0.717) is 0 Å². The third-order valence-electron chi connectivity index (χ3n) is 3.23. The Labute approximate surface area is 134 Å². The van der Waals surface area contributed by atoms with Crippen LogP contribution in [-0.4, -0.2) is 8.42 Å². The van der Waals surface area contributed by atoms with Gasteiger partial charge in [-0.15, -0.1) is 0 Å². The van der Waals surface area contributed by atoms with Crippen LogP contribution >= 0.6 is 15.9 Å². The monoisotopic (exact) mass is 367 g/mol. The van der Waals surface area contributed by atoms with Crippen LogP contribution in [0.25, 0.3) is 0 Å². The van der Waals surface area contributed by atoms with E-state index in [1.165, 1.54) is 0 Å². The Bertz CT molecular complexity index is 682. The van der Waals surface area contributed by atoms with Crippen molar-refractivity contribution in [3.8, 4) is 0 Å².